The zero-order chi connectivity index (χ0) is 19.3. The second kappa shape index (κ2) is 8.91. The summed E-state index contributed by atoms with van der Waals surface area (Å²) in [6, 6.07) is 11.1. The van der Waals surface area contributed by atoms with E-state index in [-0.39, 0.29) is 5.91 Å². The fraction of sp³-hybridized carbons (Fsp3) is 0.565. The molecule has 0 spiro atoms. The topological polar surface area (TPSA) is 41.4 Å². The minimum Gasteiger partial charge on any atom is -0.337 e. The van der Waals surface area contributed by atoms with E-state index < -0.39 is 0 Å². The number of rotatable bonds is 6. The Morgan fingerprint density at radius 3 is 2.32 bits per heavy atom. The molecule has 0 unspecified atom stereocenters. The molecule has 3 heterocycles. The van der Waals surface area contributed by atoms with Crippen LogP contribution in [0.25, 0.3) is 0 Å². The van der Waals surface area contributed by atoms with E-state index in [9.17, 15) is 4.79 Å². The highest BCUT2D eigenvalue weighted by Crippen LogP contribution is 2.23. The van der Waals surface area contributed by atoms with Crippen molar-refractivity contribution in [3.05, 3.63) is 53.3 Å². The zero-order valence-corrected chi connectivity index (χ0v) is 17.0. The van der Waals surface area contributed by atoms with Crippen molar-refractivity contribution in [2.75, 3.05) is 26.2 Å². The smallest absolute Gasteiger partial charge is 0.274 e. The summed E-state index contributed by atoms with van der Waals surface area (Å²) in [6.07, 6.45) is 7.86. The van der Waals surface area contributed by atoms with Gasteiger partial charge in [0.1, 0.15) is 5.69 Å². The number of piperidine rings is 1. The second-order valence-corrected chi connectivity index (χ2v) is 8.30. The zero-order valence-electron chi connectivity index (χ0n) is 17.0. The standard InChI is InChI=1S/C23H32N4O/c1-2-27-16-11-22(24-27)23(28)26-14-9-20(10-15-26)17-19-5-7-21(8-6-19)18-25-12-3-4-13-25/h5-8,11,16,20H,2-4,9-10,12-15,17-18H2,1H3. The van der Waals surface area contributed by atoms with E-state index in [1.165, 1.54) is 37.1 Å². The predicted molar refractivity (Wildman–Crippen MR) is 111 cm³/mol. The maximum Gasteiger partial charge on any atom is 0.274 e. The van der Waals surface area contributed by atoms with E-state index >= 15 is 0 Å². The quantitative estimate of drug-likeness (QED) is 0.769. The van der Waals surface area contributed by atoms with E-state index in [1.54, 1.807) is 0 Å². The van der Waals surface area contributed by atoms with Gasteiger partial charge in [-0.3, -0.25) is 14.4 Å². The molecule has 150 valence electrons. The van der Waals surface area contributed by atoms with Crippen LogP contribution in [0.5, 0.6) is 0 Å². The van der Waals surface area contributed by atoms with Crippen LogP contribution in [0.2, 0.25) is 0 Å². The van der Waals surface area contributed by atoms with Gasteiger partial charge in [-0.25, -0.2) is 0 Å². The first-order chi connectivity index (χ1) is 13.7. The van der Waals surface area contributed by atoms with Crippen LogP contribution in [0.15, 0.2) is 36.5 Å². The summed E-state index contributed by atoms with van der Waals surface area (Å²) in [5.41, 5.74) is 3.43. The normalized spacial score (nSPS) is 18.7. The van der Waals surface area contributed by atoms with Gasteiger partial charge in [-0.1, -0.05) is 24.3 Å². The highest BCUT2D eigenvalue weighted by atomic mass is 16.2. The van der Waals surface area contributed by atoms with Gasteiger partial charge in [0.15, 0.2) is 0 Å². The lowest BCUT2D eigenvalue weighted by Crippen LogP contribution is -2.39. The summed E-state index contributed by atoms with van der Waals surface area (Å²) in [4.78, 5) is 17.1. The molecule has 1 amide bonds. The van der Waals surface area contributed by atoms with Gasteiger partial charge < -0.3 is 4.90 Å². The maximum atomic E-state index is 12.6. The van der Waals surface area contributed by atoms with Crippen LogP contribution in [0.4, 0.5) is 0 Å². The van der Waals surface area contributed by atoms with Crippen LogP contribution in [0.1, 0.15) is 54.2 Å². The van der Waals surface area contributed by atoms with Gasteiger partial charge in [-0.15, -0.1) is 0 Å². The third kappa shape index (κ3) is 4.64. The molecule has 0 aliphatic carbocycles. The molecule has 28 heavy (non-hydrogen) atoms. The Kier molecular flexibility index (Phi) is 6.10. The van der Waals surface area contributed by atoms with Gasteiger partial charge in [0.2, 0.25) is 0 Å². The molecule has 1 aromatic carbocycles. The number of nitrogens with zero attached hydrogens (tertiary/aromatic N) is 4. The number of carbonyl (C=O) groups is 1. The molecule has 5 heteroatoms. The van der Waals surface area contributed by atoms with E-state index in [2.05, 4.69) is 34.3 Å². The molecule has 0 bridgehead atoms. The molecule has 2 fully saturated rings. The maximum absolute atomic E-state index is 12.6. The van der Waals surface area contributed by atoms with E-state index in [0.717, 1.165) is 45.4 Å². The number of carbonyl (C=O) groups excluding carboxylic acids is 1. The molecule has 0 radical (unpaired) electrons. The SMILES string of the molecule is CCn1ccc(C(=O)N2CCC(Cc3ccc(CN4CCCC4)cc3)CC2)n1. The van der Waals surface area contributed by atoms with Crippen molar-refractivity contribution >= 4 is 5.91 Å². The molecule has 2 aliphatic heterocycles. The number of hydrogen-bond donors (Lipinski definition) is 0. The van der Waals surface area contributed by atoms with Crippen molar-refractivity contribution in [3.63, 3.8) is 0 Å². The van der Waals surface area contributed by atoms with Crippen LogP contribution < -0.4 is 0 Å². The number of hydrogen-bond acceptors (Lipinski definition) is 3. The Morgan fingerprint density at radius 2 is 1.68 bits per heavy atom. The number of amides is 1. The number of likely N-dealkylation sites (tertiary alicyclic amines) is 2. The van der Waals surface area contributed by atoms with Gasteiger partial charge in [-0.05, 0) is 75.2 Å². The Morgan fingerprint density at radius 1 is 1.00 bits per heavy atom. The molecule has 0 N–H and O–H groups in total. The summed E-state index contributed by atoms with van der Waals surface area (Å²) in [7, 11) is 0. The minimum absolute atomic E-state index is 0.0805. The minimum atomic E-state index is 0.0805. The van der Waals surface area contributed by atoms with Crippen LogP contribution in [-0.4, -0.2) is 51.7 Å². The van der Waals surface area contributed by atoms with E-state index in [4.69, 9.17) is 0 Å². The van der Waals surface area contributed by atoms with Crippen molar-refractivity contribution in [3.8, 4) is 0 Å². The second-order valence-electron chi connectivity index (χ2n) is 8.30. The first-order valence-electron chi connectivity index (χ1n) is 10.8. The summed E-state index contributed by atoms with van der Waals surface area (Å²) in [5.74, 6) is 0.749. The van der Waals surface area contributed by atoms with Gasteiger partial charge in [0, 0.05) is 32.4 Å². The van der Waals surface area contributed by atoms with Crippen LogP contribution in [0, 0.1) is 5.92 Å². The van der Waals surface area contributed by atoms with Crippen molar-refractivity contribution < 1.29 is 4.79 Å². The van der Waals surface area contributed by atoms with E-state index in [1.807, 2.05) is 28.8 Å². The Bertz CT molecular complexity index is 768. The monoisotopic (exact) mass is 380 g/mol. The first-order valence-corrected chi connectivity index (χ1v) is 10.8. The molecule has 2 aliphatic rings. The molecule has 0 atom stereocenters. The van der Waals surface area contributed by atoms with Gasteiger partial charge >= 0.3 is 0 Å². The lowest BCUT2D eigenvalue weighted by Gasteiger charge is -2.31. The van der Waals surface area contributed by atoms with Gasteiger partial charge in [0.05, 0.1) is 0 Å². The Balaban J connectivity index is 1.25. The third-order valence-electron chi connectivity index (χ3n) is 6.24. The average molecular weight is 381 g/mol. The van der Waals surface area contributed by atoms with Crippen molar-refractivity contribution in [1.29, 1.82) is 0 Å². The molecule has 2 aromatic rings. The van der Waals surface area contributed by atoms with Crippen molar-refractivity contribution in [2.24, 2.45) is 5.92 Å². The molecule has 5 nitrogen and oxygen atoms in total. The van der Waals surface area contributed by atoms with Crippen molar-refractivity contribution in [2.45, 2.75) is 52.1 Å². The Hall–Kier alpha value is -2.14. The lowest BCUT2D eigenvalue weighted by atomic mass is 9.90. The van der Waals surface area contributed by atoms with Crippen molar-refractivity contribution in [1.82, 2.24) is 19.6 Å². The molecule has 0 saturated carbocycles. The molecular weight excluding hydrogens is 348 g/mol. The molecular formula is C23H32N4O. The number of aryl methyl sites for hydroxylation is 1. The first kappa shape index (κ1) is 19.2. The van der Waals surface area contributed by atoms with Crippen LogP contribution >= 0.6 is 0 Å². The predicted octanol–water partition coefficient (Wildman–Crippen LogP) is 3.59. The number of aromatic nitrogens is 2. The molecule has 1 aromatic heterocycles. The highest BCUT2D eigenvalue weighted by molar-refractivity contribution is 5.92. The molecule has 4 rings (SSSR count). The summed E-state index contributed by atoms with van der Waals surface area (Å²) >= 11 is 0. The summed E-state index contributed by atoms with van der Waals surface area (Å²) in [6.45, 7) is 8.10. The van der Waals surface area contributed by atoms with E-state index in [0.29, 0.717) is 11.6 Å². The van der Waals surface area contributed by atoms with Gasteiger partial charge in [-0.2, -0.15) is 5.10 Å². The largest absolute Gasteiger partial charge is 0.337 e. The number of benzene rings is 1. The fourth-order valence-electron chi connectivity index (χ4n) is 4.47. The molecule has 2 saturated heterocycles. The van der Waals surface area contributed by atoms with Gasteiger partial charge in [0.25, 0.3) is 5.91 Å². The van der Waals surface area contributed by atoms with Crippen LogP contribution in [-0.2, 0) is 19.5 Å². The summed E-state index contributed by atoms with van der Waals surface area (Å²) < 4.78 is 1.81. The Labute approximate surface area is 168 Å². The lowest BCUT2D eigenvalue weighted by molar-refractivity contribution is 0.0683. The highest BCUT2D eigenvalue weighted by Gasteiger charge is 2.25. The fourth-order valence-corrected chi connectivity index (χ4v) is 4.47. The average Bonchev–Trinajstić information content (AvgIpc) is 3.41. The van der Waals surface area contributed by atoms with Crippen LogP contribution in [0.3, 0.4) is 0 Å². The summed E-state index contributed by atoms with van der Waals surface area (Å²) in [5, 5.41) is 4.36. The third-order valence-corrected chi connectivity index (χ3v) is 6.24.